The minimum absolute atomic E-state index is 0.307. The van der Waals surface area contributed by atoms with E-state index < -0.39 is 29.3 Å². The maximum absolute atomic E-state index is 15.3. The Kier molecular flexibility index (Phi) is 11.0. The van der Waals surface area contributed by atoms with Crippen molar-refractivity contribution < 1.29 is 31.1 Å². The molecule has 5 rings (SSSR count). The monoisotopic (exact) mass is 628 g/mol. The van der Waals surface area contributed by atoms with Gasteiger partial charge >= 0.3 is 6.11 Å². The van der Waals surface area contributed by atoms with E-state index in [2.05, 4.69) is 11.7 Å². The van der Waals surface area contributed by atoms with E-state index in [-0.39, 0.29) is 5.82 Å². The maximum atomic E-state index is 15.3. The predicted octanol–water partition coefficient (Wildman–Crippen LogP) is 12.3. The average molecular weight is 629 g/mol. The van der Waals surface area contributed by atoms with Gasteiger partial charge in [-0.2, -0.15) is 8.78 Å². The first-order valence-electron chi connectivity index (χ1n) is 16.4. The SMILES string of the molecule is CCCCCC1CCC(C2CCC(c3ccc(-c4ccc(/C=C/C(F)(F)Oc5cc(F)c(F)c(F)c5)cc4)c(F)c3)CC2)CC1. The largest absolute Gasteiger partial charge is 0.429 e. The third kappa shape index (κ3) is 8.74. The summed E-state index contributed by atoms with van der Waals surface area (Å²) in [4.78, 5) is 0. The lowest BCUT2D eigenvalue weighted by Crippen LogP contribution is -2.25. The van der Waals surface area contributed by atoms with Crippen molar-refractivity contribution in [1.82, 2.24) is 0 Å². The van der Waals surface area contributed by atoms with E-state index in [1.807, 2.05) is 6.07 Å². The van der Waals surface area contributed by atoms with Crippen LogP contribution in [0.25, 0.3) is 17.2 Å². The molecule has 0 saturated heterocycles. The van der Waals surface area contributed by atoms with E-state index in [1.165, 1.54) is 64.2 Å². The highest BCUT2D eigenvalue weighted by molar-refractivity contribution is 5.67. The van der Waals surface area contributed by atoms with Crippen molar-refractivity contribution in [2.45, 2.75) is 96.0 Å². The standard InChI is InChI=1S/C38H42F6O/c1-2-3-4-5-25-6-10-27(11-7-25)28-14-16-29(17-15-28)31-18-19-33(34(39)22-31)30-12-8-26(9-13-30)20-21-38(43,44)45-32-23-35(40)37(42)36(41)24-32/h8-9,12-13,18-25,27-29H,2-7,10-11,14-17H2,1H3/b21-20+. The quantitative estimate of drug-likeness (QED) is 0.117. The predicted molar refractivity (Wildman–Crippen MR) is 167 cm³/mol. The second kappa shape index (κ2) is 14.9. The van der Waals surface area contributed by atoms with E-state index in [0.29, 0.717) is 40.8 Å². The Morgan fingerprint density at radius 2 is 1.36 bits per heavy atom. The van der Waals surface area contributed by atoms with Gasteiger partial charge in [-0.3, -0.25) is 0 Å². The summed E-state index contributed by atoms with van der Waals surface area (Å²) in [6.45, 7) is 2.27. The lowest BCUT2D eigenvalue weighted by Gasteiger charge is -2.38. The maximum Gasteiger partial charge on any atom is 0.419 e. The number of alkyl halides is 2. The summed E-state index contributed by atoms with van der Waals surface area (Å²) in [7, 11) is 0. The van der Waals surface area contributed by atoms with Gasteiger partial charge in [0.2, 0.25) is 0 Å². The van der Waals surface area contributed by atoms with Gasteiger partial charge < -0.3 is 4.74 Å². The van der Waals surface area contributed by atoms with Crippen LogP contribution in [0.2, 0.25) is 0 Å². The molecule has 2 saturated carbocycles. The molecule has 0 N–H and O–H groups in total. The Balaban J connectivity index is 1.13. The molecule has 7 heteroatoms. The fraction of sp³-hybridized carbons (Fsp3) is 0.474. The van der Waals surface area contributed by atoms with Gasteiger partial charge in [0.05, 0.1) is 0 Å². The minimum atomic E-state index is -3.91. The van der Waals surface area contributed by atoms with Crippen LogP contribution < -0.4 is 4.74 Å². The molecule has 2 aliphatic rings. The van der Waals surface area contributed by atoms with Crippen LogP contribution in [-0.2, 0) is 0 Å². The highest BCUT2D eigenvalue weighted by atomic mass is 19.3. The average Bonchev–Trinajstić information content (AvgIpc) is 3.03. The van der Waals surface area contributed by atoms with E-state index in [1.54, 1.807) is 36.4 Å². The second-order valence-electron chi connectivity index (χ2n) is 12.9. The lowest BCUT2D eigenvalue weighted by atomic mass is 9.68. The van der Waals surface area contributed by atoms with Crippen LogP contribution in [0.4, 0.5) is 26.3 Å². The van der Waals surface area contributed by atoms with E-state index in [0.717, 1.165) is 42.2 Å². The van der Waals surface area contributed by atoms with Crippen LogP contribution in [0.15, 0.2) is 60.7 Å². The van der Waals surface area contributed by atoms with Gasteiger partial charge in [0.1, 0.15) is 11.6 Å². The molecule has 0 heterocycles. The molecular formula is C38H42F6O. The van der Waals surface area contributed by atoms with Crippen molar-refractivity contribution >= 4 is 6.08 Å². The molecule has 1 nitrogen and oxygen atoms in total. The van der Waals surface area contributed by atoms with E-state index >= 15 is 4.39 Å². The summed E-state index contributed by atoms with van der Waals surface area (Å²) in [5.41, 5.74) is 2.48. The van der Waals surface area contributed by atoms with Crippen molar-refractivity contribution in [3.63, 3.8) is 0 Å². The first-order chi connectivity index (χ1) is 21.6. The normalized spacial score (nSPS) is 22.6. The molecule has 3 aromatic carbocycles. The van der Waals surface area contributed by atoms with Crippen molar-refractivity contribution in [1.29, 1.82) is 0 Å². The number of ether oxygens (including phenoxy) is 1. The Morgan fingerprint density at radius 3 is 1.96 bits per heavy atom. The molecule has 242 valence electrons. The number of halogens is 6. The van der Waals surface area contributed by atoms with Gasteiger partial charge in [-0.25, -0.2) is 17.6 Å². The van der Waals surface area contributed by atoms with Crippen LogP contribution in [0.1, 0.15) is 101 Å². The summed E-state index contributed by atoms with van der Waals surface area (Å²) in [6.07, 6.45) is 13.2. The van der Waals surface area contributed by atoms with Gasteiger partial charge in [0, 0.05) is 23.8 Å². The van der Waals surface area contributed by atoms with Crippen LogP contribution in [0.5, 0.6) is 5.75 Å². The fourth-order valence-corrected chi connectivity index (χ4v) is 7.32. The fourth-order valence-electron chi connectivity index (χ4n) is 7.32. The summed E-state index contributed by atoms with van der Waals surface area (Å²) in [5.74, 6) is -3.23. The Bertz CT molecular complexity index is 1410. The third-order valence-electron chi connectivity index (χ3n) is 9.91. The first-order valence-corrected chi connectivity index (χ1v) is 16.4. The third-order valence-corrected chi connectivity index (χ3v) is 9.91. The molecule has 0 unspecified atom stereocenters. The zero-order chi connectivity index (χ0) is 32.0. The molecule has 3 aromatic rings. The molecular weight excluding hydrogens is 586 g/mol. The smallest absolute Gasteiger partial charge is 0.419 e. The highest BCUT2D eigenvalue weighted by Crippen LogP contribution is 2.45. The van der Waals surface area contributed by atoms with Crippen LogP contribution in [0, 0.1) is 41.0 Å². The van der Waals surface area contributed by atoms with Crippen molar-refractivity contribution in [2.24, 2.45) is 17.8 Å². The van der Waals surface area contributed by atoms with Gasteiger partial charge in [-0.1, -0.05) is 81.8 Å². The van der Waals surface area contributed by atoms with Crippen molar-refractivity contribution in [3.05, 3.63) is 95.1 Å². The van der Waals surface area contributed by atoms with E-state index in [4.69, 9.17) is 0 Å². The van der Waals surface area contributed by atoms with Gasteiger partial charge in [-0.15, -0.1) is 0 Å². The summed E-state index contributed by atoms with van der Waals surface area (Å²) < 4.78 is 87.8. The van der Waals surface area contributed by atoms with Crippen LogP contribution >= 0.6 is 0 Å². The van der Waals surface area contributed by atoms with Crippen LogP contribution in [-0.4, -0.2) is 6.11 Å². The molecule has 0 bridgehead atoms. The zero-order valence-corrected chi connectivity index (χ0v) is 25.8. The number of benzene rings is 3. The zero-order valence-electron chi connectivity index (χ0n) is 25.8. The number of rotatable bonds is 11. The molecule has 0 atom stereocenters. The van der Waals surface area contributed by atoms with Gasteiger partial charge in [-0.05, 0) is 91.0 Å². The lowest BCUT2D eigenvalue weighted by molar-refractivity contribution is -0.131. The summed E-state index contributed by atoms with van der Waals surface area (Å²) >= 11 is 0. The second-order valence-corrected chi connectivity index (χ2v) is 12.9. The Morgan fingerprint density at radius 1 is 0.733 bits per heavy atom. The molecule has 45 heavy (non-hydrogen) atoms. The molecule has 0 radical (unpaired) electrons. The summed E-state index contributed by atoms with van der Waals surface area (Å²) in [6, 6.07) is 12.6. The molecule has 0 aliphatic heterocycles. The molecule has 0 aromatic heterocycles. The molecule has 0 amide bonds. The number of hydrogen-bond acceptors (Lipinski definition) is 1. The van der Waals surface area contributed by atoms with Crippen LogP contribution in [0.3, 0.4) is 0 Å². The highest BCUT2D eigenvalue weighted by Gasteiger charge is 2.32. The Labute approximate surface area is 262 Å². The topological polar surface area (TPSA) is 9.23 Å². The molecule has 0 spiro atoms. The Hall–Kier alpha value is -3.22. The van der Waals surface area contributed by atoms with Gasteiger partial charge in [0.25, 0.3) is 0 Å². The van der Waals surface area contributed by atoms with E-state index in [9.17, 15) is 22.0 Å². The van der Waals surface area contributed by atoms with Gasteiger partial charge in [0.15, 0.2) is 17.5 Å². The number of hydrogen-bond donors (Lipinski definition) is 0. The molecule has 2 fully saturated rings. The first kappa shape index (κ1) is 33.2. The molecule has 2 aliphatic carbocycles. The summed E-state index contributed by atoms with van der Waals surface area (Å²) in [5, 5.41) is 0. The minimum Gasteiger partial charge on any atom is -0.429 e. The van der Waals surface area contributed by atoms with Crippen molar-refractivity contribution in [2.75, 3.05) is 0 Å². The van der Waals surface area contributed by atoms with Crippen molar-refractivity contribution in [3.8, 4) is 16.9 Å². The number of unbranched alkanes of at least 4 members (excludes halogenated alkanes) is 2.